The maximum absolute atomic E-state index is 4.32. The van der Waals surface area contributed by atoms with Gasteiger partial charge >= 0.3 is 0 Å². The van der Waals surface area contributed by atoms with Crippen molar-refractivity contribution in [2.24, 2.45) is 13.0 Å². The molecule has 2 rings (SSSR count). The maximum Gasteiger partial charge on any atom is 0.0527 e. The number of hydrogen-bond donors (Lipinski definition) is 1. The van der Waals surface area contributed by atoms with Gasteiger partial charge in [-0.15, -0.1) is 0 Å². The molecule has 3 heteroatoms. The van der Waals surface area contributed by atoms with Crippen LogP contribution >= 0.6 is 0 Å². The minimum atomic E-state index is 0.233. The van der Waals surface area contributed by atoms with Crippen LogP contribution < -0.4 is 5.32 Å². The summed E-state index contributed by atoms with van der Waals surface area (Å²) in [5, 5.41) is 7.90. The second kappa shape index (κ2) is 3.88. The third-order valence-corrected chi connectivity index (χ3v) is 3.49. The van der Waals surface area contributed by atoms with E-state index < -0.39 is 0 Å². The molecule has 90 valence electrons. The van der Waals surface area contributed by atoms with Gasteiger partial charge in [0.2, 0.25) is 0 Å². The highest BCUT2D eigenvalue weighted by molar-refractivity contribution is 5.27. The number of aryl methyl sites for hydroxylation is 1. The zero-order valence-electron chi connectivity index (χ0n) is 11.0. The van der Waals surface area contributed by atoms with Gasteiger partial charge in [0.05, 0.1) is 6.20 Å². The number of nitrogens with one attached hydrogen (secondary N) is 1. The summed E-state index contributed by atoms with van der Waals surface area (Å²) >= 11 is 0. The number of nitrogens with zero attached hydrogens (tertiary/aromatic N) is 2. The average molecular weight is 221 g/mol. The van der Waals surface area contributed by atoms with Crippen LogP contribution in [0.3, 0.4) is 0 Å². The summed E-state index contributed by atoms with van der Waals surface area (Å²) in [6.45, 7) is 9.95. The molecule has 0 spiro atoms. The number of rotatable bonds is 3. The first kappa shape index (κ1) is 11.6. The van der Waals surface area contributed by atoms with Crippen LogP contribution in [0.4, 0.5) is 0 Å². The molecule has 1 aromatic heterocycles. The van der Waals surface area contributed by atoms with E-state index in [4.69, 9.17) is 0 Å². The van der Waals surface area contributed by atoms with E-state index in [0.717, 1.165) is 18.4 Å². The fourth-order valence-corrected chi connectivity index (χ4v) is 2.17. The van der Waals surface area contributed by atoms with Crippen molar-refractivity contribution < 1.29 is 0 Å². The normalized spacial score (nSPS) is 24.8. The van der Waals surface area contributed by atoms with Gasteiger partial charge in [-0.1, -0.05) is 0 Å². The predicted molar refractivity (Wildman–Crippen MR) is 66.5 cm³/mol. The van der Waals surface area contributed by atoms with Crippen LogP contribution in [0, 0.1) is 12.8 Å². The van der Waals surface area contributed by atoms with Gasteiger partial charge in [-0.2, -0.15) is 5.10 Å². The minimum absolute atomic E-state index is 0.233. The first-order valence-corrected chi connectivity index (χ1v) is 6.12. The third-order valence-electron chi connectivity index (χ3n) is 3.49. The minimum Gasteiger partial charge on any atom is -0.312 e. The Hall–Kier alpha value is -0.830. The lowest BCUT2D eigenvalue weighted by Crippen LogP contribution is -2.37. The molecule has 1 aromatic rings. The molecule has 2 unspecified atom stereocenters. The smallest absolute Gasteiger partial charge is 0.0527 e. The van der Waals surface area contributed by atoms with Crippen LogP contribution in [0.1, 0.15) is 44.4 Å². The Kier molecular flexibility index (Phi) is 2.82. The SMILES string of the molecule is Cc1c(C2CC2CNC(C)(C)C)cnn1C. The molecule has 1 N–H and O–H groups in total. The molecule has 0 saturated heterocycles. The van der Waals surface area contributed by atoms with Crippen molar-refractivity contribution in [2.45, 2.75) is 45.6 Å². The van der Waals surface area contributed by atoms with Crippen LogP contribution in [0.5, 0.6) is 0 Å². The van der Waals surface area contributed by atoms with Gasteiger partial charge in [-0.3, -0.25) is 4.68 Å². The summed E-state index contributed by atoms with van der Waals surface area (Å²) in [7, 11) is 2.02. The van der Waals surface area contributed by atoms with Crippen molar-refractivity contribution in [3.05, 3.63) is 17.5 Å². The van der Waals surface area contributed by atoms with Gasteiger partial charge in [-0.25, -0.2) is 0 Å². The van der Waals surface area contributed by atoms with Gasteiger partial charge in [0.25, 0.3) is 0 Å². The fraction of sp³-hybridized carbons (Fsp3) is 0.769. The zero-order valence-corrected chi connectivity index (χ0v) is 11.0. The van der Waals surface area contributed by atoms with Gasteiger partial charge in [0, 0.05) is 18.3 Å². The molecule has 3 nitrogen and oxygen atoms in total. The summed E-state index contributed by atoms with van der Waals surface area (Å²) in [5.74, 6) is 1.55. The average Bonchev–Trinajstić information content (AvgIpc) is 2.86. The van der Waals surface area contributed by atoms with E-state index in [1.54, 1.807) is 0 Å². The third kappa shape index (κ3) is 2.46. The molecule has 1 aliphatic carbocycles. The Bertz CT molecular complexity index is 373. The highest BCUT2D eigenvalue weighted by Gasteiger charge is 2.40. The summed E-state index contributed by atoms with van der Waals surface area (Å²) in [4.78, 5) is 0. The van der Waals surface area contributed by atoms with Crippen molar-refractivity contribution in [2.75, 3.05) is 6.54 Å². The quantitative estimate of drug-likeness (QED) is 0.848. The molecule has 1 heterocycles. The topological polar surface area (TPSA) is 29.9 Å². The highest BCUT2D eigenvalue weighted by atomic mass is 15.3. The zero-order chi connectivity index (χ0) is 11.9. The van der Waals surface area contributed by atoms with Crippen LogP contribution in [0.25, 0.3) is 0 Å². The van der Waals surface area contributed by atoms with E-state index in [1.165, 1.54) is 17.7 Å². The van der Waals surface area contributed by atoms with Gasteiger partial charge in [0.15, 0.2) is 0 Å². The summed E-state index contributed by atoms with van der Waals surface area (Å²) in [5.41, 5.74) is 3.00. The van der Waals surface area contributed by atoms with Crippen molar-refractivity contribution in [1.82, 2.24) is 15.1 Å². The van der Waals surface area contributed by atoms with E-state index in [2.05, 4.69) is 38.1 Å². The van der Waals surface area contributed by atoms with Crippen molar-refractivity contribution in [1.29, 1.82) is 0 Å². The molecule has 1 saturated carbocycles. The molecule has 0 radical (unpaired) electrons. The predicted octanol–water partition coefficient (Wildman–Crippen LogP) is 2.22. The Labute approximate surface area is 98.2 Å². The Morgan fingerprint density at radius 3 is 2.69 bits per heavy atom. The summed E-state index contributed by atoms with van der Waals surface area (Å²) < 4.78 is 1.97. The largest absolute Gasteiger partial charge is 0.312 e. The Balaban J connectivity index is 1.90. The molecular formula is C13H23N3. The molecule has 0 aliphatic heterocycles. The second-order valence-corrected chi connectivity index (χ2v) is 6.04. The Morgan fingerprint density at radius 2 is 2.19 bits per heavy atom. The van der Waals surface area contributed by atoms with Gasteiger partial charge in [-0.05, 0) is 58.1 Å². The van der Waals surface area contributed by atoms with E-state index >= 15 is 0 Å². The lowest BCUT2D eigenvalue weighted by molar-refractivity contribution is 0.414. The molecule has 0 aromatic carbocycles. The summed E-state index contributed by atoms with van der Waals surface area (Å²) in [6.07, 6.45) is 3.35. The molecule has 1 fully saturated rings. The standard InChI is InChI=1S/C13H23N3/c1-9-12(8-15-16(9)5)11-6-10(11)7-14-13(2,3)4/h8,10-11,14H,6-7H2,1-5H3. The summed E-state index contributed by atoms with van der Waals surface area (Å²) in [6, 6.07) is 0. The van der Waals surface area contributed by atoms with Crippen LogP contribution in [0.15, 0.2) is 6.20 Å². The van der Waals surface area contributed by atoms with E-state index in [-0.39, 0.29) is 5.54 Å². The molecule has 1 aliphatic rings. The van der Waals surface area contributed by atoms with Crippen LogP contribution in [0.2, 0.25) is 0 Å². The fourth-order valence-electron chi connectivity index (χ4n) is 2.17. The lowest BCUT2D eigenvalue weighted by atomic mass is 10.1. The van der Waals surface area contributed by atoms with Crippen molar-refractivity contribution in [3.8, 4) is 0 Å². The Morgan fingerprint density at radius 1 is 1.50 bits per heavy atom. The molecule has 0 amide bonds. The highest BCUT2D eigenvalue weighted by Crippen LogP contribution is 2.48. The van der Waals surface area contributed by atoms with Crippen molar-refractivity contribution >= 4 is 0 Å². The van der Waals surface area contributed by atoms with E-state index in [1.807, 2.05) is 17.9 Å². The second-order valence-electron chi connectivity index (χ2n) is 6.04. The van der Waals surface area contributed by atoms with Crippen LogP contribution in [-0.2, 0) is 7.05 Å². The van der Waals surface area contributed by atoms with Crippen molar-refractivity contribution in [3.63, 3.8) is 0 Å². The molecular weight excluding hydrogens is 198 g/mol. The first-order chi connectivity index (χ1) is 7.38. The lowest BCUT2D eigenvalue weighted by Gasteiger charge is -2.20. The van der Waals surface area contributed by atoms with Gasteiger partial charge < -0.3 is 5.32 Å². The number of hydrogen-bond acceptors (Lipinski definition) is 2. The first-order valence-electron chi connectivity index (χ1n) is 6.12. The molecule has 2 atom stereocenters. The van der Waals surface area contributed by atoms with E-state index in [9.17, 15) is 0 Å². The number of aromatic nitrogens is 2. The monoisotopic (exact) mass is 221 g/mol. The van der Waals surface area contributed by atoms with Crippen LogP contribution in [-0.4, -0.2) is 21.9 Å². The maximum atomic E-state index is 4.32. The van der Waals surface area contributed by atoms with Gasteiger partial charge in [0.1, 0.15) is 0 Å². The van der Waals surface area contributed by atoms with E-state index in [0.29, 0.717) is 0 Å². The molecule has 16 heavy (non-hydrogen) atoms. The molecule has 0 bridgehead atoms.